The van der Waals surface area contributed by atoms with E-state index in [-0.39, 0.29) is 16.0 Å². The molecule has 7 atom stereocenters. The molecule has 0 unspecified atom stereocenters. The van der Waals surface area contributed by atoms with Crippen LogP contribution in [0.1, 0.15) is 77.2 Å². The van der Waals surface area contributed by atoms with Crippen molar-refractivity contribution in [1.29, 1.82) is 0 Å². The molecule has 6 rings (SSSR count). The second kappa shape index (κ2) is 8.55. The number of nitro groups is 1. The van der Waals surface area contributed by atoms with E-state index in [0.717, 1.165) is 35.9 Å². The average molecular weight is 477 g/mol. The smallest absolute Gasteiger partial charge is 0.269 e. The minimum Gasteiger partial charge on any atom is -0.388 e. The topological polar surface area (TPSA) is 66.6 Å². The number of allylic oxidation sites excluding steroid dienone is 1. The van der Waals surface area contributed by atoms with Gasteiger partial charge in [0.25, 0.3) is 5.69 Å². The number of hydrogen-bond donors (Lipinski definition) is 1. The van der Waals surface area contributed by atoms with E-state index < -0.39 is 6.10 Å². The second-order valence-corrected chi connectivity index (χ2v) is 12.6. The fraction of sp³-hybridized carbons (Fsp3) is 0.667. The summed E-state index contributed by atoms with van der Waals surface area (Å²) in [6, 6.07) is 7.49. The Labute approximate surface area is 209 Å². The molecule has 0 bridgehead atoms. The summed E-state index contributed by atoms with van der Waals surface area (Å²) in [6.45, 7) is 7.48. The standard InChI is InChI=1S/C30H40N2O3/c1-29-13-11-24(31-15-3-4-16-31)19-22(29)7-10-25-26(29)12-14-30(2)27(25)18-21(28(30)33)17-20-5-8-23(9-6-20)32(34)35/h5-9,17,24-28,33H,3-4,10-16,18-19H2,1-2H3/t24-,25+,26-,27-,28-,29-,30-/m0/s1. The van der Waals surface area contributed by atoms with E-state index in [1.165, 1.54) is 58.0 Å². The van der Waals surface area contributed by atoms with Gasteiger partial charge in [0.2, 0.25) is 0 Å². The van der Waals surface area contributed by atoms with Crippen LogP contribution in [0.15, 0.2) is 41.5 Å². The number of nitro benzene ring substituents is 1. The van der Waals surface area contributed by atoms with Crippen molar-refractivity contribution in [3.8, 4) is 0 Å². The molecule has 1 N–H and O–H groups in total. The Morgan fingerprint density at radius 2 is 1.80 bits per heavy atom. The third kappa shape index (κ3) is 3.72. The largest absolute Gasteiger partial charge is 0.388 e. The van der Waals surface area contributed by atoms with Gasteiger partial charge >= 0.3 is 0 Å². The van der Waals surface area contributed by atoms with Gasteiger partial charge in [0.05, 0.1) is 11.0 Å². The lowest BCUT2D eigenvalue weighted by Gasteiger charge is -2.58. The van der Waals surface area contributed by atoms with Crippen LogP contribution in [-0.2, 0) is 0 Å². The lowest BCUT2D eigenvalue weighted by Crippen LogP contribution is -2.52. The molecule has 5 aliphatic rings. The van der Waals surface area contributed by atoms with E-state index in [0.29, 0.717) is 17.3 Å². The monoisotopic (exact) mass is 476 g/mol. The molecule has 1 heterocycles. The van der Waals surface area contributed by atoms with Gasteiger partial charge in [0.15, 0.2) is 0 Å². The van der Waals surface area contributed by atoms with Crippen molar-refractivity contribution in [3.63, 3.8) is 0 Å². The Balaban J connectivity index is 1.24. The Morgan fingerprint density at radius 1 is 1.06 bits per heavy atom. The summed E-state index contributed by atoms with van der Waals surface area (Å²) in [5, 5.41) is 22.5. The molecule has 1 aliphatic heterocycles. The fourth-order valence-corrected chi connectivity index (χ4v) is 8.97. The lowest BCUT2D eigenvalue weighted by molar-refractivity contribution is -0.384. The Kier molecular flexibility index (Phi) is 5.72. The second-order valence-electron chi connectivity index (χ2n) is 12.6. The fourth-order valence-electron chi connectivity index (χ4n) is 8.97. The van der Waals surface area contributed by atoms with E-state index in [4.69, 9.17) is 0 Å². The lowest BCUT2D eigenvalue weighted by atomic mass is 9.48. The number of rotatable bonds is 3. The Bertz CT molecular complexity index is 1060. The first kappa shape index (κ1) is 23.4. The van der Waals surface area contributed by atoms with Gasteiger partial charge in [-0.25, -0.2) is 0 Å². The van der Waals surface area contributed by atoms with Crippen LogP contribution < -0.4 is 0 Å². The summed E-state index contributed by atoms with van der Waals surface area (Å²) in [7, 11) is 0. The molecule has 4 fully saturated rings. The van der Waals surface area contributed by atoms with Gasteiger partial charge < -0.3 is 10.0 Å². The van der Waals surface area contributed by atoms with E-state index in [1.807, 2.05) is 0 Å². The van der Waals surface area contributed by atoms with Gasteiger partial charge in [-0.2, -0.15) is 0 Å². The first-order valence-corrected chi connectivity index (χ1v) is 13.9. The summed E-state index contributed by atoms with van der Waals surface area (Å²) < 4.78 is 0. The highest BCUT2D eigenvalue weighted by atomic mass is 16.6. The third-order valence-electron chi connectivity index (χ3n) is 11.1. The first-order chi connectivity index (χ1) is 16.8. The Morgan fingerprint density at radius 3 is 2.51 bits per heavy atom. The maximum atomic E-state index is 11.5. The molecule has 0 aromatic heterocycles. The minimum absolute atomic E-state index is 0.0672. The molecule has 5 heteroatoms. The zero-order chi connectivity index (χ0) is 24.4. The van der Waals surface area contributed by atoms with Gasteiger partial charge in [-0.15, -0.1) is 0 Å². The van der Waals surface area contributed by atoms with Crippen LogP contribution >= 0.6 is 0 Å². The zero-order valence-corrected chi connectivity index (χ0v) is 21.3. The molecule has 1 aromatic rings. The van der Waals surface area contributed by atoms with Gasteiger partial charge in [-0.05, 0) is 117 Å². The van der Waals surface area contributed by atoms with Crippen molar-refractivity contribution < 1.29 is 10.0 Å². The predicted molar refractivity (Wildman–Crippen MR) is 139 cm³/mol. The number of benzene rings is 1. The van der Waals surface area contributed by atoms with Crippen molar-refractivity contribution in [2.45, 2.75) is 83.8 Å². The molecule has 0 spiro atoms. The predicted octanol–water partition coefficient (Wildman–Crippen LogP) is 6.38. The highest BCUT2D eigenvalue weighted by molar-refractivity contribution is 5.57. The number of likely N-dealkylation sites (tertiary alicyclic amines) is 1. The first-order valence-electron chi connectivity index (χ1n) is 13.9. The molecule has 0 radical (unpaired) electrons. The van der Waals surface area contributed by atoms with Crippen molar-refractivity contribution in [2.24, 2.45) is 28.6 Å². The van der Waals surface area contributed by atoms with Crippen molar-refractivity contribution in [2.75, 3.05) is 13.1 Å². The van der Waals surface area contributed by atoms with E-state index in [9.17, 15) is 15.2 Å². The number of nitrogens with zero attached hydrogens (tertiary/aromatic N) is 2. The molecular weight excluding hydrogens is 436 g/mol. The summed E-state index contributed by atoms with van der Waals surface area (Å²) in [4.78, 5) is 13.4. The van der Waals surface area contributed by atoms with Gasteiger partial charge in [-0.3, -0.25) is 10.1 Å². The molecular formula is C30H40N2O3. The van der Waals surface area contributed by atoms with Crippen LogP contribution in [0.5, 0.6) is 0 Å². The SMILES string of the molecule is C[C@]12CC[C@H]3[C@@H](CC=C4C[C@@H](N5CCCC5)CC[C@@]43C)[C@@H]1CC(=Cc1ccc([N+](=O)[O-])cc1)[C@@H]2O. The van der Waals surface area contributed by atoms with Crippen LogP contribution in [0.25, 0.3) is 6.08 Å². The van der Waals surface area contributed by atoms with Crippen LogP contribution in [0.4, 0.5) is 5.69 Å². The summed E-state index contributed by atoms with van der Waals surface area (Å²) in [5.74, 6) is 1.88. The third-order valence-corrected chi connectivity index (χ3v) is 11.1. The molecule has 1 aromatic carbocycles. The number of aliphatic hydroxyl groups is 1. The number of fused-ring (bicyclic) bond motifs is 5. The summed E-state index contributed by atoms with van der Waals surface area (Å²) in [5.41, 5.74) is 4.18. The highest BCUT2D eigenvalue weighted by Gasteiger charge is 2.59. The van der Waals surface area contributed by atoms with Gasteiger partial charge in [0, 0.05) is 23.6 Å². The normalized spacial score (nSPS) is 42.3. The van der Waals surface area contributed by atoms with E-state index in [1.54, 1.807) is 29.8 Å². The van der Waals surface area contributed by atoms with Crippen LogP contribution in [-0.4, -0.2) is 40.2 Å². The number of non-ortho nitro benzene ring substituents is 1. The van der Waals surface area contributed by atoms with Gasteiger partial charge in [0.1, 0.15) is 0 Å². The quantitative estimate of drug-likeness (QED) is 0.312. The van der Waals surface area contributed by atoms with E-state index >= 15 is 0 Å². The number of hydrogen-bond acceptors (Lipinski definition) is 4. The molecule has 0 amide bonds. The van der Waals surface area contributed by atoms with Crippen LogP contribution in [0.3, 0.4) is 0 Å². The molecule has 5 nitrogen and oxygen atoms in total. The summed E-state index contributed by atoms with van der Waals surface area (Å²) >= 11 is 0. The number of aliphatic hydroxyl groups excluding tert-OH is 1. The van der Waals surface area contributed by atoms with Crippen molar-refractivity contribution in [3.05, 3.63) is 57.2 Å². The van der Waals surface area contributed by atoms with Crippen molar-refractivity contribution >= 4 is 11.8 Å². The molecule has 3 saturated carbocycles. The zero-order valence-electron chi connectivity index (χ0n) is 21.3. The Hall–Kier alpha value is -1.98. The molecule has 1 saturated heterocycles. The maximum Gasteiger partial charge on any atom is 0.269 e. The van der Waals surface area contributed by atoms with Crippen LogP contribution in [0.2, 0.25) is 0 Å². The van der Waals surface area contributed by atoms with E-state index in [2.05, 4.69) is 30.9 Å². The maximum absolute atomic E-state index is 11.5. The molecule has 35 heavy (non-hydrogen) atoms. The van der Waals surface area contributed by atoms with Crippen LogP contribution in [0, 0.1) is 38.7 Å². The van der Waals surface area contributed by atoms with Crippen molar-refractivity contribution in [1.82, 2.24) is 4.90 Å². The van der Waals surface area contributed by atoms with Gasteiger partial charge in [-0.1, -0.05) is 31.6 Å². The molecule has 188 valence electrons. The summed E-state index contributed by atoms with van der Waals surface area (Å²) in [6.07, 6.45) is 15.4. The highest BCUT2D eigenvalue weighted by Crippen LogP contribution is 2.66. The average Bonchev–Trinajstić information content (AvgIpc) is 3.47. The minimum atomic E-state index is -0.423. The molecule has 4 aliphatic carbocycles.